The lowest BCUT2D eigenvalue weighted by molar-refractivity contribution is -0.131. The van der Waals surface area contributed by atoms with Gasteiger partial charge in [0.25, 0.3) is 0 Å². The number of rotatable bonds is 1. The van der Waals surface area contributed by atoms with E-state index in [0.717, 1.165) is 0 Å². The number of hydrogen-bond donors (Lipinski definition) is 1. The van der Waals surface area contributed by atoms with Gasteiger partial charge in [0.2, 0.25) is 0 Å². The summed E-state index contributed by atoms with van der Waals surface area (Å²) in [5.41, 5.74) is 0. The molecule has 2 aliphatic heterocycles. The molecule has 2 rings (SSSR count). The van der Waals surface area contributed by atoms with Crippen LogP contribution in [0.1, 0.15) is 0 Å². The van der Waals surface area contributed by atoms with Crippen molar-refractivity contribution in [2.45, 2.75) is 11.4 Å². The number of nitrogens with zero attached hydrogens (tertiary/aromatic N) is 2. The monoisotopic (exact) mass is 182 g/mol. The minimum atomic E-state index is -0.889. The van der Waals surface area contributed by atoms with Gasteiger partial charge in [0.1, 0.15) is 11.4 Å². The Morgan fingerprint density at radius 3 is 2.92 bits per heavy atom. The van der Waals surface area contributed by atoms with Gasteiger partial charge in [0, 0.05) is 12.4 Å². The fraction of sp³-hybridized carbons (Fsp3) is 0.286. The average Bonchev–Trinajstić information content (AvgIpc) is 2.46. The first-order chi connectivity index (χ1) is 5.77. The normalized spacial score (nSPS) is 31.5. The fourth-order valence-electron chi connectivity index (χ4n) is 1.09. The van der Waals surface area contributed by atoms with Gasteiger partial charge in [-0.05, 0) is 6.08 Å². The first-order valence-electron chi connectivity index (χ1n) is 3.44. The van der Waals surface area contributed by atoms with Gasteiger partial charge >= 0.3 is 5.97 Å². The van der Waals surface area contributed by atoms with Crippen molar-refractivity contribution >= 4 is 30.2 Å². The smallest absolute Gasteiger partial charge is 0.341 e. The predicted molar refractivity (Wildman–Crippen MR) is 47.9 cm³/mol. The zero-order valence-corrected chi connectivity index (χ0v) is 6.86. The molecule has 2 heterocycles. The largest absolute Gasteiger partial charge is 0.477 e. The Kier molecular flexibility index (Phi) is 1.73. The zero-order chi connectivity index (χ0) is 8.55. The summed E-state index contributed by atoms with van der Waals surface area (Å²) >= 11 is 1.25. The van der Waals surface area contributed by atoms with Gasteiger partial charge in [-0.2, -0.15) is 0 Å². The van der Waals surface area contributed by atoms with Crippen molar-refractivity contribution in [2.75, 3.05) is 0 Å². The predicted octanol–water partition coefficient (Wildman–Crippen LogP) is 0.552. The highest BCUT2D eigenvalue weighted by Gasteiger charge is 2.31. The van der Waals surface area contributed by atoms with E-state index in [0.29, 0.717) is 4.91 Å². The van der Waals surface area contributed by atoms with Crippen LogP contribution >= 0.6 is 11.8 Å². The maximum atomic E-state index is 10.6. The Balaban J connectivity index is 2.21. The van der Waals surface area contributed by atoms with Crippen LogP contribution < -0.4 is 0 Å². The van der Waals surface area contributed by atoms with Crippen LogP contribution in [0.5, 0.6) is 0 Å². The molecule has 2 aliphatic rings. The van der Waals surface area contributed by atoms with E-state index in [-0.39, 0.29) is 11.4 Å². The van der Waals surface area contributed by atoms with Crippen molar-refractivity contribution in [2.24, 2.45) is 9.98 Å². The molecular formula is C7H6N2O2S. The Morgan fingerprint density at radius 2 is 2.25 bits per heavy atom. The number of fused-ring (bicyclic) bond motifs is 1. The standard InChI is InChI=1S/C7H6N2O2S/c10-7(11)5-3-4-6(12-5)9-2-1-8-4/h1-4,6H,(H,10,11)/t4-,6?/m0/s1. The topological polar surface area (TPSA) is 62.0 Å². The van der Waals surface area contributed by atoms with E-state index in [2.05, 4.69) is 9.98 Å². The number of aliphatic carboxylic acids is 1. The molecular weight excluding hydrogens is 176 g/mol. The summed E-state index contributed by atoms with van der Waals surface area (Å²) in [5, 5.41) is 8.61. The summed E-state index contributed by atoms with van der Waals surface area (Å²) in [7, 11) is 0. The van der Waals surface area contributed by atoms with Crippen molar-refractivity contribution in [3.05, 3.63) is 11.0 Å². The second-order valence-electron chi connectivity index (χ2n) is 2.43. The highest BCUT2D eigenvalue weighted by Crippen LogP contribution is 2.35. The number of carbonyl (C=O) groups is 1. The summed E-state index contributed by atoms with van der Waals surface area (Å²) < 4.78 is 0. The van der Waals surface area contributed by atoms with Crippen molar-refractivity contribution in [1.29, 1.82) is 0 Å². The molecule has 2 atom stereocenters. The molecule has 0 aromatic rings. The Bertz CT molecular complexity index is 309. The number of carboxylic acid groups (broad SMARTS) is 1. The molecule has 0 bridgehead atoms. The summed E-state index contributed by atoms with van der Waals surface area (Å²) in [4.78, 5) is 19.1. The van der Waals surface area contributed by atoms with E-state index < -0.39 is 5.97 Å². The van der Waals surface area contributed by atoms with Crippen LogP contribution in [-0.4, -0.2) is 34.9 Å². The molecule has 0 spiro atoms. The number of hydrogen-bond acceptors (Lipinski definition) is 4. The molecule has 0 amide bonds. The fourth-order valence-corrected chi connectivity index (χ4v) is 2.09. The van der Waals surface area contributed by atoms with E-state index in [1.165, 1.54) is 11.8 Å². The van der Waals surface area contributed by atoms with Gasteiger partial charge in [-0.25, -0.2) is 4.79 Å². The van der Waals surface area contributed by atoms with Crippen LogP contribution in [0.2, 0.25) is 0 Å². The lowest BCUT2D eigenvalue weighted by Crippen LogP contribution is -2.16. The average molecular weight is 182 g/mol. The molecule has 1 N–H and O–H groups in total. The summed E-state index contributed by atoms with van der Waals surface area (Å²) in [5.74, 6) is -0.889. The van der Waals surface area contributed by atoms with Crippen LogP contribution in [0, 0.1) is 0 Å². The maximum Gasteiger partial charge on any atom is 0.341 e. The molecule has 0 fully saturated rings. The van der Waals surface area contributed by atoms with E-state index >= 15 is 0 Å². The van der Waals surface area contributed by atoms with Crippen molar-refractivity contribution < 1.29 is 9.90 Å². The van der Waals surface area contributed by atoms with Gasteiger partial charge in [-0.1, -0.05) is 11.8 Å². The molecule has 0 aromatic heterocycles. The number of aliphatic imine (C=N–C) groups is 2. The van der Waals surface area contributed by atoms with E-state index in [1.54, 1.807) is 18.5 Å². The van der Waals surface area contributed by atoms with Gasteiger partial charge in [-0.15, -0.1) is 0 Å². The van der Waals surface area contributed by atoms with Gasteiger partial charge in [-0.3, -0.25) is 9.98 Å². The summed E-state index contributed by atoms with van der Waals surface area (Å²) in [6, 6.07) is -0.0777. The second-order valence-corrected chi connectivity index (χ2v) is 3.59. The Morgan fingerprint density at radius 1 is 1.50 bits per heavy atom. The van der Waals surface area contributed by atoms with E-state index in [4.69, 9.17) is 5.11 Å². The van der Waals surface area contributed by atoms with Crippen molar-refractivity contribution in [1.82, 2.24) is 0 Å². The van der Waals surface area contributed by atoms with Crippen LogP contribution in [0.15, 0.2) is 21.0 Å². The molecule has 5 heteroatoms. The molecule has 0 aromatic carbocycles. The molecule has 4 nitrogen and oxygen atoms in total. The van der Waals surface area contributed by atoms with Gasteiger partial charge in [0.15, 0.2) is 0 Å². The SMILES string of the molecule is O=C(O)C1=C[C@@H]2N=CC=NC2S1. The Labute approximate surface area is 73.1 Å². The lowest BCUT2D eigenvalue weighted by Gasteiger charge is -2.11. The van der Waals surface area contributed by atoms with Crippen molar-refractivity contribution in [3.8, 4) is 0 Å². The van der Waals surface area contributed by atoms with Crippen LogP contribution in [0.25, 0.3) is 0 Å². The van der Waals surface area contributed by atoms with E-state index in [1.807, 2.05) is 0 Å². The van der Waals surface area contributed by atoms with Gasteiger partial charge in [0.05, 0.1) is 4.91 Å². The molecule has 0 saturated carbocycles. The molecule has 12 heavy (non-hydrogen) atoms. The van der Waals surface area contributed by atoms with Crippen LogP contribution in [0.3, 0.4) is 0 Å². The third-order valence-corrected chi connectivity index (χ3v) is 2.84. The first-order valence-corrected chi connectivity index (χ1v) is 4.32. The molecule has 0 aliphatic carbocycles. The van der Waals surface area contributed by atoms with Crippen LogP contribution in [-0.2, 0) is 4.79 Å². The quantitative estimate of drug-likeness (QED) is 0.644. The lowest BCUT2D eigenvalue weighted by atomic mass is 10.2. The molecule has 0 saturated heterocycles. The van der Waals surface area contributed by atoms with E-state index in [9.17, 15) is 4.79 Å². The number of carboxylic acids is 1. The molecule has 62 valence electrons. The minimum Gasteiger partial charge on any atom is -0.477 e. The van der Waals surface area contributed by atoms with Gasteiger partial charge < -0.3 is 5.11 Å². The summed E-state index contributed by atoms with van der Waals surface area (Å²) in [6.45, 7) is 0. The molecule has 1 unspecified atom stereocenters. The third-order valence-electron chi connectivity index (χ3n) is 1.63. The highest BCUT2D eigenvalue weighted by atomic mass is 32.2. The summed E-state index contributed by atoms with van der Waals surface area (Å²) in [6.07, 6.45) is 4.85. The minimum absolute atomic E-state index is 0.0545. The second kappa shape index (κ2) is 2.75. The molecule has 0 radical (unpaired) electrons. The first kappa shape index (κ1) is 7.54. The van der Waals surface area contributed by atoms with Crippen molar-refractivity contribution in [3.63, 3.8) is 0 Å². The maximum absolute atomic E-state index is 10.6. The third kappa shape index (κ3) is 1.16. The van der Waals surface area contributed by atoms with Crippen LogP contribution in [0.4, 0.5) is 0 Å². The Hall–Kier alpha value is -1.10. The highest BCUT2D eigenvalue weighted by molar-refractivity contribution is 8.04. The zero-order valence-electron chi connectivity index (χ0n) is 6.04. The number of thioether (sulfide) groups is 1.